The number of nitrogens with one attached hydrogen (secondary N) is 2. The minimum atomic E-state index is -0.551. The van der Waals surface area contributed by atoms with Crippen molar-refractivity contribution in [1.82, 2.24) is 14.8 Å². The first kappa shape index (κ1) is 24.4. The highest BCUT2D eigenvalue weighted by Gasteiger charge is 2.26. The molecule has 1 aliphatic rings. The molecule has 3 aromatic carbocycles. The van der Waals surface area contributed by atoms with Gasteiger partial charge in [0, 0.05) is 23.4 Å². The summed E-state index contributed by atoms with van der Waals surface area (Å²) in [4.78, 5) is 27.7. The third kappa shape index (κ3) is 4.89. The molecule has 4 aromatic rings. The Hall–Kier alpha value is -4.70. The van der Waals surface area contributed by atoms with Gasteiger partial charge < -0.3 is 10.1 Å². The van der Waals surface area contributed by atoms with Crippen molar-refractivity contribution in [3.63, 3.8) is 0 Å². The number of nitrogens with zero attached hydrogens (tertiary/aromatic N) is 4. The summed E-state index contributed by atoms with van der Waals surface area (Å²) in [5.74, 6) is 0.708. The number of methoxy groups -OCH3 is 1. The van der Waals surface area contributed by atoms with Crippen molar-refractivity contribution in [3.05, 3.63) is 112 Å². The second-order valence-electron chi connectivity index (χ2n) is 7.75. The van der Waals surface area contributed by atoms with E-state index in [0.29, 0.717) is 5.95 Å². The largest absolute Gasteiger partial charge is 0.497 e. The van der Waals surface area contributed by atoms with Gasteiger partial charge in [0.25, 0.3) is 17.5 Å². The number of nitro groups is 1. The molecule has 11 heteroatoms. The maximum Gasteiger partial charge on any atom is 0.270 e. The van der Waals surface area contributed by atoms with Crippen LogP contribution in [-0.4, -0.2) is 32.7 Å². The first-order chi connectivity index (χ1) is 17.0. The molecule has 1 aromatic heterocycles. The normalized spacial score (nSPS) is 13.9. The van der Waals surface area contributed by atoms with Gasteiger partial charge >= 0.3 is 0 Å². The average Bonchev–Trinajstić information content (AvgIpc) is 3.31. The zero-order valence-corrected chi connectivity index (χ0v) is 19.8. The van der Waals surface area contributed by atoms with E-state index in [2.05, 4.69) is 20.7 Å². The fourth-order valence-electron chi connectivity index (χ4n) is 3.81. The molecule has 2 heterocycles. The van der Waals surface area contributed by atoms with Crippen LogP contribution in [0.3, 0.4) is 0 Å². The van der Waals surface area contributed by atoms with E-state index < -0.39 is 10.8 Å². The highest BCUT2D eigenvalue weighted by atomic mass is 35.5. The lowest BCUT2D eigenvalue weighted by Crippen LogP contribution is -2.20. The first-order valence-electron chi connectivity index (χ1n) is 10.7. The molecule has 10 nitrogen and oxygen atoms in total. The van der Waals surface area contributed by atoms with Gasteiger partial charge in [-0.25, -0.2) is 4.68 Å². The molecule has 0 fully saturated rings. The van der Waals surface area contributed by atoms with Crippen LogP contribution in [0.1, 0.15) is 27.5 Å². The smallest absolute Gasteiger partial charge is 0.270 e. The molecular weight excluding hydrogens is 484 g/mol. The number of amides is 1. The van der Waals surface area contributed by atoms with Crippen molar-refractivity contribution in [2.75, 3.05) is 17.7 Å². The van der Waals surface area contributed by atoms with Gasteiger partial charge in [-0.15, -0.1) is 17.5 Å². The van der Waals surface area contributed by atoms with Crippen LogP contribution in [0.5, 0.6) is 5.75 Å². The fourth-order valence-corrected chi connectivity index (χ4v) is 3.81. The maximum atomic E-state index is 12.7. The van der Waals surface area contributed by atoms with Gasteiger partial charge in [0.05, 0.1) is 12.0 Å². The second-order valence-corrected chi connectivity index (χ2v) is 7.75. The van der Waals surface area contributed by atoms with Crippen LogP contribution >= 0.6 is 12.4 Å². The number of allylic oxidation sites excluding steroid dienone is 1. The predicted octanol–water partition coefficient (Wildman–Crippen LogP) is 4.93. The molecule has 0 aliphatic carbocycles. The summed E-state index contributed by atoms with van der Waals surface area (Å²) in [6, 6.07) is 22.6. The highest BCUT2D eigenvalue weighted by molar-refractivity contribution is 6.03. The number of anilines is 2. The quantitative estimate of drug-likeness (QED) is 0.282. The zero-order valence-electron chi connectivity index (χ0n) is 19.0. The second kappa shape index (κ2) is 10.3. The Labute approximate surface area is 212 Å². The summed E-state index contributed by atoms with van der Waals surface area (Å²) in [5, 5.41) is 21.5. The van der Waals surface area contributed by atoms with Gasteiger partial charge in [-0.05, 0) is 35.4 Å². The molecule has 1 atom stereocenters. The molecule has 1 amide bonds. The van der Waals surface area contributed by atoms with Crippen molar-refractivity contribution in [3.8, 4) is 5.75 Å². The number of rotatable bonds is 6. The SMILES string of the molecule is COc1ccc(C2C=C(c3ccccc3)Nc3nc(NC(=O)c4cccc([N+](=O)[O-])c4)nn32)cc1.Cl. The molecule has 0 bridgehead atoms. The number of carbonyl (C=O) groups excluding carboxylic acids is 1. The van der Waals surface area contributed by atoms with Crippen LogP contribution in [0, 0.1) is 10.1 Å². The Morgan fingerprint density at radius 3 is 2.53 bits per heavy atom. The number of ether oxygens (including phenoxy) is 1. The highest BCUT2D eigenvalue weighted by Crippen LogP contribution is 2.33. The van der Waals surface area contributed by atoms with Crippen LogP contribution in [-0.2, 0) is 0 Å². The minimum Gasteiger partial charge on any atom is -0.497 e. The monoisotopic (exact) mass is 504 g/mol. The number of carbonyl (C=O) groups is 1. The number of hydrogen-bond acceptors (Lipinski definition) is 7. The lowest BCUT2D eigenvalue weighted by atomic mass is 10.0. The van der Waals surface area contributed by atoms with Crippen LogP contribution < -0.4 is 15.4 Å². The number of benzene rings is 3. The summed E-state index contributed by atoms with van der Waals surface area (Å²) < 4.78 is 6.96. The molecule has 0 spiro atoms. The maximum absolute atomic E-state index is 12.7. The third-order valence-electron chi connectivity index (χ3n) is 5.55. The molecule has 0 radical (unpaired) electrons. The summed E-state index contributed by atoms with van der Waals surface area (Å²) in [5.41, 5.74) is 2.73. The molecule has 36 heavy (non-hydrogen) atoms. The molecule has 0 saturated carbocycles. The van der Waals surface area contributed by atoms with E-state index >= 15 is 0 Å². The number of aromatic nitrogens is 3. The topological polar surface area (TPSA) is 124 Å². The third-order valence-corrected chi connectivity index (χ3v) is 5.55. The van der Waals surface area contributed by atoms with Crippen molar-refractivity contribution < 1.29 is 14.5 Å². The van der Waals surface area contributed by atoms with E-state index in [4.69, 9.17) is 4.74 Å². The summed E-state index contributed by atoms with van der Waals surface area (Å²) >= 11 is 0. The fraction of sp³-hybridized carbons (Fsp3) is 0.0800. The Kier molecular flexibility index (Phi) is 6.98. The van der Waals surface area contributed by atoms with Crippen molar-refractivity contribution >= 4 is 41.6 Å². The molecule has 0 saturated heterocycles. The van der Waals surface area contributed by atoms with Crippen LogP contribution in [0.15, 0.2) is 84.9 Å². The van der Waals surface area contributed by atoms with Crippen LogP contribution in [0.2, 0.25) is 0 Å². The molecule has 1 aliphatic heterocycles. The Balaban J connectivity index is 0.00000304. The number of halogens is 1. The van der Waals surface area contributed by atoms with Gasteiger partial charge in [0.2, 0.25) is 5.95 Å². The summed E-state index contributed by atoms with van der Waals surface area (Å²) in [6.45, 7) is 0. The lowest BCUT2D eigenvalue weighted by molar-refractivity contribution is -0.384. The van der Waals surface area contributed by atoms with E-state index in [-0.39, 0.29) is 35.6 Å². The number of fused-ring (bicyclic) bond motifs is 1. The summed E-state index contributed by atoms with van der Waals surface area (Å²) in [7, 11) is 1.61. The Bertz CT molecular complexity index is 1440. The van der Waals surface area contributed by atoms with Crippen LogP contribution in [0.25, 0.3) is 5.70 Å². The summed E-state index contributed by atoms with van der Waals surface area (Å²) in [6.07, 6.45) is 2.03. The molecule has 5 rings (SSSR count). The first-order valence-corrected chi connectivity index (χ1v) is 10.7. The standard InChI is InChI=1S/C25H20N6O4.ClH/c1-35-20-12-10-17(11-13-20)22-15-21(16-6-3-2-4-7-16)26-25-28-24(29-30(22)25)27-23(32)18-8-5-9-19(14-18)31(33)34;/h2-15,22H,1H3,(H2,26,27,28,29,32);1H. The lowest BCUT2D eigenvalue weighted by Gasteiger charge is -2.24. The predicted molar refractivity (Wildman–Crippen MR) is 137 cm³/mol. The van der Waals surface area contributed by atoms with Gasteiger partial charge in [0.1, 0.15) is 11.8 Å². The Morgan fingerprint density at radius 1 is 1.08 bits per heavy atom. The van der Waals surface area contributed by atoms with Gasteiger partial charge in [0.15, 0.2) is 0 Å². The van der Waals surface area contributed by atoms with Gasteiger partial charge in [-0.1, -0.05) is 48.5 Å². The molecule has 182 valence electrons. The number of non-ortho nitro benzene ring substituents is 1. The minimum absolute atomic E-state index is 0. The van der Waals surface area contributed by atoms with E-state index in [1.54, 1.807) is 11.8 Å². The zero-order chi connectivity index (χ0) is 24.4. The number of hydrogen-bond donors (Lipinski definition) is 2. The van der Waals surface area contributed by atoms with Crippen molar-refractivity contribution in [1.29, 1.82) is 0 Å². The van der Waals surface area contributed by atoms with Gasteiger partial charge in [-0.3, -0.25) is 20.2 Å². The van der Waals surface area contributed by atoms with E-state index in [0.717, 1.165) is 22.6 Å². The average molecular weight is 505 g/mol. The van der Waals surface area contributed by atoms with E-state index in [9.17, 15) is 14.9 Å². The molecular formula is C25H21ClN6O4. The van der Waals surface area contributed by atoms with E-state index in [1.165, 1.54) is 24.3 Å². The number of nitro benzene ring substituents is 1. The van der Waals surface area contributed by atoms with Crippen molar-refractivity contribution in [2.45, 2.75) is 6.04 Å². The van der Waals surface area contributed by atoms with E-state index in [1.807, 2.05) is 60.7 Å². The van der Waals surface area contributed by atoms with Gasteiger partial charge in [-0.2, -0.15) is 4.98 Å². The Morgan fingerprint density at radius 2 is 1.83 bits per heavy atom. The molecule has 2 N–H and O–H groups in total. The van der Waals surface area contributed by atoms with Crippen molar-refractivity contribution in [2.24, 2.45) is 0 Å². The van der Waals surface area contributed by atoms with Crippen LogP contribution in [0.4, 0.5) is 17.6 Å². The molecule has 1 unspecified atom stereocenters.